The van der Waals surface area contributed by atoms with Crippen LogP contribution in [0.1, 0.15) is 18.4 Å². The largest absolute Gasteiger partial charge is 0.508 e. The number of amides is 1. The van der Waals surface area contributed by atoms with Crippen LogP contribution in [0.2, 0.25) is 0 Å². The van der Waals surface area contributed by atoms with E-state index in [1.165, 1.54) is 12.8 Å². The molecule has 0 unspecified atom stereocenters. The number of hydrogen-bond donors (Lipinski definition) is 3. The minimum Gasteiger partial charge on any atom is -0.508 e. The summed E-state index contributed by atoms with van der Waals surface area (Å²) in [6.07, 6.45) is 2.35. The third-order valence-electron chi connectivity index (χ3n) is 3.33. The molecular weight excluding hydrogens is 308 g/mol. The molecule has 1 saturated carbocycles. The summed E-state index contributed by atoms with van der Waals surface area (Å²) < 4.78 is 0. The summed E-state index contributed by atoms with van der Waals surface area (Å²) in [6, 6.07) is 6.95. The van der Waals surface area contributed by atoms with Crippen LogP contribution in [-0.2, 0) is 16.1 Å². The molecule has 1 amide bonds. The number of phenolic OH excluding ortho intramolecular Hbond substituents is 1. The first kappa shape index (κ1) is 18.3. The molecule has 7 heteroatoms. The fourth-order valence-corrected chi connectivity index (χ4v) is 2.20. The van der Waals surface area contributed by atoms with Crippen LogP contribution >= 0.6 is 12.4 Å². The zero-order valence-electron chi connectivity index (χ0n) is 12.2. The van der Waals surface area contributed by atoms with E-state index in [0.717, 1.165) is 12.1 Å². The van der Waals surface area contributed by atoms with Gasteiger partial charge in [0.15, 0.2) is 0 Å². The zero-order chi connectivity index (χ0) is 15.2. The molecule has 1 aromatic carbocycles. The molecule has 0 aromatic heterocycles. The van der Waals surface area contributed by atoms with Crippen molar-refractivity contribution in [1.82, 2.24) is 10.2 Å². The average Bonchev–Trinajstić information content (AvgIpc) is 3.20. The Kier molecular flexibility index (Phi) is 7.14. The Morgan fingerprint density at radius 2 is 2.05 bits per heavy atom. The van der Waals surface area contributed by atoms with Crippen LogP contribution in [0, 0.1) is 5.92 Å². The number of benzene rings is 1. The number of rotatable bonds is 8. The molecule has 1 aliphatic rings. The molecule has 22 heavy (non-hydrogen) atoms. The quantitative estimate of drug-likeness (QED) is 0.667. The Labute approximate surface area is 135 Å². The van der Waals surface area contributed by atoms with Crippen LogP contribution in [0.3, 0.4) is 0 Å². The highest BCUT2D eigenvalue weighted by Crippen LogP contribution is 2.30. The molecule has 3 N–H and O–H groups in total. The van der Waals surface area contributed by atoms with Gasteiger partial charge in [0.2, 0.25) is 5.91 Å². The molecule has 122 valence electrons. The Balaban J connectivity index is 0.00000242. The topological polar surface area (TPSA) is 89.9 Å². The number of halogens is 1. The lowest BCUT2D eigenvalue weighted by Gasteiger charge is -2.21. The second kappa shape index (κ2) is 8.60. The number of carbonyl (C=O) groups is 2. The van der Waals surface area contributed by atoms with Gasteiger partial charge in [-0.3, -0.25) is 14.5 Å². The molecule has 1 aromatic rings. The third-order valence-corrected chi connectivity index (χ3v) is 3.33. The molecule has 0 aliphatic heterocycles. The van der Waals surface area contributed by atoms with Crippen molar-refractivity contribution in [3.8, 4) is 5.75 Å². The maximum Gasteiger partial charge on any atom is 0.322 e. The lowest BCUT2D eigenvalue weighted by Crippen LogP contribution is -2.39. The summed E-state index contributed by atoms with van der Waals surface area (Å²) >= 11 is 0. The first-order chi connectivity index (χ1) is 10.0. The molecule has 2 rings (SSSR count). The van der Waals surface area contributed by atoms with Gasteiger partial charge in [0.05, 0.1) is 6.54 Å². The number of hydrogen-bond acceptors (Lipinski definition) is 4. The molecule has 0 spiro atoms. The van der Waals surface area contributed by atoms with Crippen LogP contribution in [0.15, 0.2) is 24.3 Å². The maximum absolute atomic E-state index is 11.8. The number of carbonyl (C=O) groups excluding carboxylic acids is 1. The highest BCUT2D eigenvalue weighted by molar-refractivity contribution is 5.85. The summed E-state index contributed by atoms with van der Waals surface area (Å²) in [7, 11) is 0. The van der Waals surface area contributed by atoms with Gasteiger partial charge >= 0.3 is 5.97 Å². The fourth-order valence-electron chi connectivity index (χ4n) is 2.20. The molecule has 1 aliphatic carbocycles. The summed E-state index contributed by atoms with van der Waals surface area (Å²) in [5.74, 6) is -0.521. The van der Waals surface area contributed by atoms with Crippen molar-refractivity contribution in [1.29, 1.82) is 0 Å². The van der Waals surface area contributed by atoms with Gasteiger partial charge in [-0.25, -0.2) is 0 Å². The molecule has 6 nitrogen and oxygen atoms in total. The Hall–Kier alpha value is -1.79. The minimum absolute atomic E-state index is 0. The van der Waals surface area contributed by atoms with Gasteiger partial charge < -0.3 is 15.5 Å². The van der Waals surface area contributed by atoms with Crippen LogP contribution in [0.4, 0.5) is 0 Å². The van der Waals surface area contributed by atoms with Crippen LogP contribution < -0.4 is 5.32 Å². The molecule has 0 radical (unpaired) electrons. The zero-order valence-corrected chi connectivity index (χ0v) is 13.0. The third kappa shape index (κ3) is 6.78. The minimum atomic E-state index is -1.05. The van der Waals surface area contributed by atoms with E-state index < -0.39 is 5.97 Å². The molecule has 0 heterocycles. The van der Waals surface area contributed by atoms with Gasteiger partial charge in [-0.15, -0.1) is 12.4 Å². The summed E-state index contributed by atoms with van der Waals surface area (Å²) in [5.41, 5.74) is 0.932. The van der Waals surface area contributed by atoms with E-state index >= 15 is 0 Å². The van der Waals surface area contributed by atoms with Crippen LogP contribution in [0.5, 0.6) is 5.75 Å². The van der Waals surface area contributed by atoms with Gasteiger partial charge in [-0.05, 0) is 36.5 Å². The lowest BCUT2D eigenvalue weighted by molar-refractivity contribution is -0.138. The van der Waals surface area contributed by atoms with E-state index in [9.17, 15) is 14.7 Å². The number of carboxylic acid groups (broad SMARTS) is 1. The molecule has 0 bridgehead atoms. The SMILES string of the molecule is Cl.O=C(O)CNC(=O)CN(Cc1cccc(O)c1)CC1CC1. The Morgan fingerprint density at radius 1 is 1.32 bits per heavy atom. The standard InChI is InChI=1S/C15H20N2O4.ClH/c18-13-3-1-2-12(6-13)9-17(8-11-4-5-11)10-14(19)16-7-15(20)21;/h1-3,6,11,18H,4-5,7-10H2,(H,16,19)(H,20,21);1H. The molecule has 0 atom stereocenters. The Morgan fingerprint density at radius 3 is 2.64 bits per heavy atom. The van der Waals surface area contributed by atoms with Gasteiger partial charge in [0, 0.05) is 13.1 Å². The van der Waals surface area contributed by atoms with Gasteiger partial charge in [-0.2, -0.15) is 0 Å². The predicted octanol–water partition coefficient (Wildman–Crippen LogP) is 1.23. The maximum atomic E-state index is 11.8. The van der Waals surface area contributed by atoms with Crippen molar-refractivity contribution < 1.29 is 19.8 Å². The number of nitrogens with one attached hydrogen (secondary N) is 1. The Bertz CT molecular complexity index is 520. The van der Waals surface area contributed by atoms with Crippen molar-refractivity contribution in [2.75, 3.05) is 19.6 Å². The normalized spacial score (nSPS) is 13.5. The fraction of sp³-hybridized carbons (Fsp3) is 0.467. The highest BCUT2D eigenvalue weighted by Gasteiger charge is 2.25. The van der Waals surface area contributed by atoms with Gasteiger partial charge in [0.1, 0.15) is 12.3 Å². The van der Waals surface area contributed by atoms with Crippen molar-refractivity contribution >= 4 is 24.3 Å². The van der Waals surface area contributed by atoms with E-state index in [0.29, 0.717) is 12.5 Å². The monoisotopic (exact) mass is 328 g/mol. The first-order valence-electron chi connectivity index (χ1n) is 7.01. The summed E-state index contributed by atoms with van der Waals surface area (Å²) in [4.78, 5) is 24.2. The number of carboxylic acids is 1. The number of aliphatic carboxylic acids is 1. The van der Waals surface area contributed by atoms with E-state index in [1.807, 2.05) is 11.0 Å². The van der Waals surface area contributed by atoms with Crippen LogP contribution in [-0.4, -0.2) is 46.6 Å². The van der Waals surface area contributed by atoms with E-state index in [1.54, 1.807) is 18.2 Å². The number of aromatic hydroxyl groups is 1. The predicted molar refractivity (Wildman–Crippen MR) is 84.0 cm³/mol. The first-order valence-corrected chi connectivity index (χ1v) is 7.01. The van der Waals surface area contributed by atoms with Crippen molar-refractivity contribution in [2.45, 2.75) is 19.4 Å². The van der Waals surface area contributed by atoms with E-state index in [-0.39, 0.29) is 37.2 Å². The van der Waals surface area contributed by atoms with Gasteiger partial charge in [0.25, 0.3) is 0 Å². The second-order valence-electron chi connectivity index (χ2n) is 5.45. The number of phenols is 1. The van der Waals surface area contributed by atoms with Gasteiger partial charge in [-0.1, -0.05) is 12.1 Å². The summed E-state index contributed by atoms with van der Waals surface area (Å²) in [6.45, 7) is 1.18. The average molecular weight is 329 g/mol. The van der Waals surface area contributed by atoms with Crippen molar-refractivity contribution in [2.24, 2.45) is 5.92 Å². The molecule has 1 fully saturated rings. The van der Waals surface area contributed by atoms with E-state index in [4.69, 9.17) is 5.11 Å². The smallest absolute Gasteiger partial charge is 0.322 e. The lowest BCUT2D eigenvalue weighted by atomic mass is 10.2. The molecule has 0 saturated heterocycles. The number of nitrogens with zero attached hydrogens (tertiary/aromatic N) is 1. The van der Waals surface area contributed by atoms with E-state index in [2.05, 4.69) is 5.32 Å². The van der Waals surface area contributed by atoms with Crippen molar-refractivity contribution in [3.05, 3.63) is 29.8 Å². The summed E-state index contributed by atoms with van der Waals surface area (Å²) in [5, 5.41) is 20.4. The van der Waals surface area contributed by atoms with Crippen molar-refractivity contribution in [3.63, 3.8) is 0 Å². The molecular formula is C15H21ClN2O4. The highest BCUT2D eigenvalue weighted by atomic mass is 35.5. The second-order valence-corrected chi connectivity index (χ2v) is 5.45. The van der Waals surface area contributed by atoms with Crippen LogP contribution in [0.25, 0.3) is 0 Å².